The van der Waals surface area contributed by atoms with Gasteiger partial charge in [-0.15, -0.1) is 0 Å². The van der Waals surface area contributed by atoms with Gasteiger partial charge in [0.15, 0.2) is 5.82 Å². The molecule has 1 aromatic carbocycles. The molecule has 0 radical (unpaired) electrons. The average molecular weight is 394 g/mol. The van der Waals surface area contributed by atoms with Crippen LogP contribution in [0.1, 0.15) is 17.8 Å². The van der Waals surface area contributed by atoms with Crippen molar-refractivity contribution in [3.63, 3.8) is 0 Å². The molecule has 3 heterocycles. The average Bonchev–Trinajstić information content (AvgIpc) is 3.18. The number of ether oxygens (including phenoxy) is 2. The highest BCUT2D eigenvalue weighted by molar-refractivity contribution is 5.99. The van der Waals surface area contributed by atoms with Gasteiger partial charge in [0, 0.05) is 62.0 Å². The van der Waals surface area contributed by atoms with Crippen LogP contribution in [0.15, 0.2) is 41.6 Å². The van der Waals surface area contributed by atoms with E-state index in [1.165, 1.54) is 0 Å². The fraction of sp³-hybridized carbons (Fsp3) is 0.381. The SMILES string of the molecule is COCCCc1nc(N/N=C/c2c[nH]c3ccccc23)cc(N2CCOCC2)n1. The first-order valence-electron chi connectivity index (χ1n) is 9.88. The maximum absolute atomic E-state index is 5.46. The van der Waals surface area contributed by atoms with Crippen LogP contribution < -0.4 is 10.3 Å². The number of hydrazone groups is 1. The molecule has 1 saturated heterocycles. The molecule has 8 nitrogen and oxygen atoms in total. The summed E-state index contributed by atoms with van der Waals surface area (Å²) in [5.41, 5.74) is 5.19. The van der Waals surface area contributed by atoms with Crippen LogP contribution in [0, 0.1) is 0 Å². The van der Waals surface area contributed by atoms with Crippen LogP contribution >= 0.6 is 0 Å². The van der Waals surface area contributed by atoms with Crippen molar-refractivity contribution in [2.24, 2.45) is 5.10 Å². The number of para-hydroxylation sites is 1. The summed E-state index contributed by atoms with van der Waals surface area (Å²) < 4.78 is 10.6. The summed E-state index contributed by atoms with van der Waals surface area (Å²) in [5.74, 6) is 2.38. The Morgan fingerprint density at radius 3 is 3.00 bits per heavy atom. The lowest BCUT2D eigenvalue weighted by atomic mass is 10.2. The first kappa shape index (κ1) is 19.4. The molecule has 0 atom stereocenters. The van der Waals surface area contributed by atoms with Crippen LogP contribution in [-0.2, 0) is 15.9 Å². The fourth-order valence-corrected chi connectivity index (χ4v) is 3.35. The zero-order chi connectivity index (χ0) is 19.9. The zero-order valence-electron chi connectivity index (χ0n) is 16.6. The minimum absolute atomic E-state index is 0.685. The van der Waals surface area contributed by atoms with Gasteiger partial charge < -0.3 is 19.4 Å². The minimum atomic E-state index is 0.685. The molecule has 1 aliphatic heterocycles. The van der Waals surface area contributed by atoms with E-state index in [4.69, 9.17) is 14.5 Å². The molecule has 0 bridgehead atoms. The van der Waals surface area contributed by atoms with E-state index in [0.717, 1.165) is 54.0 Å². The molecule has 0 spiro atoms. The van der Waals surface area contributed by atoms with E-state index in [2.05, 4.69) is 31.5 Å². The summed E-state index contributed by atoms with van der Waals surface area (Å²) in [7, 11) is 1.71. The second-order valence-electron chi connectivity index (χ2n) is 6.88. The topological polar surface area (TPSA) is 87.7 Å². The highest BCUT2D eigenvalue weighted by Crippen LogP contribution is 2.19. The third-order valence-corrected chi connectivity index (χ3v) is 4.85. The van der Waals surface area contributed by atoms with Crippen molar-refractivity contribution in [3.05, 3.63) is 47.9 Å². The summed E-state index contributed by atoms with van der Waals surface area (Å²) in [5, 5.41) is 5.54. The standard InChI is InChI=1S/C21H26N6O2/c1-28-10-4-7-19-24-20(13-21(25-19)27-8-11-29-12-9-27)26-23-15-16-14-22-18-6-3-2-5-17(16)18/h2-3,5-6,13-15,22H,4,7-12H2,1H3,(H,24,25,26)/b23-15+. The molecule has 4 rings (SSSR count). The molecule has 29 heavy (non-hydrogen) atoms. The smallest absolute Gasteiger partial charge is 0.152 e. The number of aromatic nitrogens is 3. The molecule has 0 aliphatic carbocycles. The Morgan fingerprint density at radius 1 is 1.28 bits per heavy atom. The first-order chi connectivity index (χ1) is 14.3. The van der Waals surface area contributed by atoms with E-state index in [0.29, 0.717) is 25.6 Å². The number of nitrogens with zero attached hydrogens (tertiary/aromatic N) is 4. The van der Waals surface area contributed by atoms with Crippen molar-refractivity contribution in [2.45, 2.75) is 12.8 Å². The van der Waals surface area contributed by atoms with Gasteiger partial charge in [-0.05, 0) is 12.5 Å². The number of methoxy groups -OCH3 is 1. The van der Waals surface area contributed by atoms with Gasteiger partial charge in [-0.3, -0.25) is 5.43 Å². The Morgan fingerprint density at radius 2 is 2.14 bits per heavy atom. The molecule has 0 saturated carbocycles. The maximum Gasteiger partial charge on any atom is 0.152 e. The Hall–Kier alpha value is -2.97. The van der Waals surface area contributed by atoms with Gasteiger partial charge in [0.25, 0.3) is 0 Å². The minimum Gasteiger partial charge on any atom is -0.385 e. The van der Waals surface area contributed by atoms with Gasteiger partial charge in [-0.1, -0.05) is 18.2 Å². The number of aromatic amines is 1. The zero-order valence-corrected chi connectivity index (χ0v) is 16.6. The number of aryl methyl sites for hydroxylation is 1. The molecular weight excluding hydrogens is 368 g/mol. The first-order valence-corrected chi connectivity index (χ1v) is 9.88. The number of hydrogen-bond acceptors (Lipinski definition) is 7. The van der Waals surface area contributed by atoms with E-state index in [9.17, 15) is 0 Å². The molecular formula is C21H26N6O2. The van der Waals surface area contributed by atoms with Gasteiger partial charge >= 0.3 is 0 Å². The molecule has 2 N–H and O–H groups in total. The second-order valence-corrected chi connectivity index (χ2v) is 6.88. The van der Waals surface area contributed by atoms with Crippen molar-refractivity contribution in [1.29, 1.82) is 0 Å². The van der Waals surface area contributed by atoms with Gasteiger partial charge in [-0.25, -0.2) is 9.97 Å². The third-order valence-electron chi connectivity index (χ3n) is 4.85. The Bertz CT molecular complexity index is 965. The van der Waals surface area contributed by atoms with Crippen LogP contribution in [0.5, 0.6) is 0 Å². The number of fused-ring (bicyclic) bond motifs is 1. The lowest BCUT2D eigenvalue weighted by Gasteiger charge is -2.28. The lowest BCUT2D eigenvalue weighted by Crippen LogP contribution is -2.37. The van der Waals surface area contributed by atoms with Crippen LogP contribution in [0.3, 0.4) is 0 Å². The van der Waals surface area contributed by atoms with Crippen molar-refractivity contribution in [3.8, 4) is 0 Å². The number of morpholine rings is 1. The van der Waals surface area contributed by atoms with E-state index in [-0.39, 0.29) is 0 Å². The summed E-state index contributed by atoms with van der Waals surface area (Å²) in [6, 6.07) is 10.1. The summed E-state index contributed by atoms with van der Waals surface area (Å²) in [4.78, 5) is 14.8. The van der Waals surface area contributed by atoms with Crippen molar-refractivity contribution < 1.29 is 9.47 Å². The van der Waals surface area contributed by atoms with Gasteiger partial charge in [0.2, 0.25) is 0 Å². The number of anilines is 2. The molecule has 1 aliphatic rings. The fourth-order valence-electron chi connectivity index (χ4n) is 3.35. The van der Waals surface area contributed by atoms with Crippen LogP contribution in [0.25, 0.3) is 10.9 Å². The largest absolute Gasteiger partial charge is 0.385 e. The van der Waals surface area contributed by atoms with Gasteiger partial charge in [-0.2, -0.15) is 5.10 Å². The molecule has 0 amide bonds. The van der Waals surface area contributed by atoms with E-state index < -0.39 is 0 Å². The molecule has 1 fully saturated rings. The number of nitrogens with one attached hydrogen (secondary N) is 2. The summed E-state index contributed by atoms with van der Waals surface area (Å²) in [6.45, 7) is 3.76. The molecule has 2 aromatic heterocycles. The van der Waals surface area contributed by atoms with E-state index in [1.54, 1.807) is 13.3 Å². The normalized spacial score (nSPS) is 14.7. The Labute approximate surface area is 169 Å². The lowest BCUT2D eigenvalue weighted by molar-refractivity contribution is 0.122. The molecule has 0 unspecified atom stereocenters. The number of hydrogen-bond donors (Lipinski definition) is 2. The predicted octanol–water partition coefficient (Wildman–Crippen LogP) is 2.82. The Balaban J connectivity index is 1.52. The van der Waals surface area contributed by atoms with Crippen molar-refractivity contribution in [1.82, 2.24) is 15.0 Å². The molecule has 8 heteroatoms. The number of H-pyrrole nitrogens is 1. The third kappa shape index (κ3) is 4.90. The van der Waals surface area contributed by atoms with Crippen LogP contribution in [0.2, 0.25) is 0 Å². The number of rotatable bonds is 8. The maximum atomic E-state index is 5.46. The quantitative estimate of drug-likeness (QED) is 0.347. The van der Waals surface area contributed by atoms with E-state index in [1.807, 2.05) is 30.5 Å². The van der Waals surface area contributed by atoms with Crippen molar-refractivity contribution in [2.75, 3.05) is 50.3 Å². The van der Waals surface area contributed by atoms with Crippen LogP contribution in [0.4, 0.5) is 11.6 Å². The predicted molar refractivity (Wildman–Crippen MR) is 115 cm³/mol. The summed E-state index contributed by atoms with van der Waals surface area (Å²) in [6.07, 6.45) is 5.39. The second kappa shape index (κ2) is 9.49. The number of benzene rings is 1. The Kier molecular flexibility index (Phi) is 6.33. The van der Waals surface area contributed by atoms with Gasteiger partial charge in [0.1, 0.15) is 11.6 Å². The highest BCUT2D eigenvalue weighted by atomic mass is 16.5. The van der Waals surface area contributed by atoms with Crippen LogP contribution in [-0.4, -0.2) is 61.2 Å². The van der Waals surface area contributed by atoms with Gasteiger partial charge in [0.05, 0.1) is 19.4 Å². The monoisotopic (exact) mass is 394 g/mol. The summed E-state index contributed by atoms with van der Waals surface area (Å²) >= 11 is 0. The molecule has 3 aromatic rings. The molecule has 152 valence electrons. The van der Waals surface area contributed by atoms with Crippen molar-refractivity contribution >= 4 is 28.8 Å². The highest BCUT2D eigenvalue weighted by Gasteiger charge is 2.15. The van der Waals surface area contributed by atoms with E-state index >= 15 is 0 Å².